The predicted molar refractivity (Wildman–Crippen MR) is 129 cm³/mol. The van der Waals surface area contributed by atoms with Crippen molar-refractivity contribution < 1.29 is 23.9 Å². The third-order valence-electron chi connectivity index (χ3n) is 4.59. The molecule has 174 valence electrons. The van der Waals surface area contributed by atoms with E-state index in [4.69, 9.17) is 9.47 Å². The van der Waals surface area contributed by atoms with Crippen LogP contribution in [-0.4, -0.2) is 37.7 Å². The summed E-state index contributed by atoms with van der Waals surface area (Å²) in [5, 5.41) is 9.05. The van der Waals surface area contributed by atoms with Crippen LogP contribution in [0, 0.1) is 6.92 Å². The molecule has 3 rings (SSSR count). The highest BCUT2D eigenvalue weighted by Gasteiger charge is 2.15. The number of nitrogens with one attached hydrogen (secondary N) is 3. The summed E-state index contributed by atoms with van der Waals surface area (Å²) in [4.78, 5) is 36.2. The second kappa shape index (κ2) is 11.8. The first kappa shape index (κ1) is 24.0. The molecule has 0 saturated heterocycles. The van der Waals surface area contributed by atoms with E-state index in [-0.39, 0.29) is 12.5 Å². The van der Waals surface area contributed by atoms with Gasteiger partial charge in [-0.2, -0.15) is 5.10 Å². The monoisotopic (exact) mass is 460 g/mol. The summed E-state index contributed by atoms with van der Waals surface area (Å²) in [6.07, 6.45) is 1.36. The molecule has 9 heteroatoms. The van der Waals surface area contributed by atoms with Gasteiger partial charge in [-0.3, -0.25) is 14.4 Å². The average molecular weight is 460 g/mol. The van der Waals surface area contributed by atoms with Crippen LogP contribution in [0.3, 0.4) is 0 Å². The maximum absolute atomic E-state index is 12.1. The Morgan fingerprint density at radius 2 is 1.62 bits per heavy atom. The summed E-state index contributed by atoms with van der Waals surface area (Å²) in [7, 11) is 1.46. The summed E-state index contributed by atoms with van der Waals surface area (Å²) in [6.45, 7) is 1.73. The number of hydrogen-bond acceptors (Lipinski definition) is 6. The van der Waals surface area contributed by atoms with Crippen LogP contribution in [0.1, 0.15) is 11.1 Å². The maximum Gasteiger partial charge on any atom is 0.329 e. The Bertz CT molecular complexity index is 1210. The normalized spacial score (nSPS) is 10.4. The molecule has 0 aliphatic carbocycles. The van der Waals surface area contributed by atoms with E-state index < -0.39 is 11.8 Å². The number of para-hydroxylation sites is 3. The van der Waals surface area contributed by atoms with Crippen molar-refractivity contribution in [2.75, 3.05) is 24.4 Å². The Hall–Kier alpha value is -4.66. The minimum Gasteiger partial charge on any atom is -0.495 e. The first-order valence-corrected chi connectivity index (χ1v) is 10.3. The van der Waals surface area contributed by atoms with Crippen LogP contribution < -0.4 is 25.5 Å². The molecule has 3 amide bonds. The standard InChI is InChI=1S/C25H24N4O5/c1-17-8-3-4-11-20(17)27-23(30)16-34-19-10-7-9-18(14-19)15-26-29-25(32)24(31)28-21-12-5-6-13-22(21)33-2/h3-15H,16H2,1-2H3,(H,27,30)(H,28,31)(H,29,32)/b26-15-. The molecule has 0 saturated carbocycles. The van der Waals surface area contributed by atoms with Crippen LogP contribution in [0.4, 0.5) is 11.4 Å². The quantitative estimate of drug-likeness (QED) is 0.271. The second-order valence-corrected chi connectivity index (χ2v) is 7.08. The number of amides is 3. The van der Waals surface area contributed by atoms with E-state index in [9.17, 15) is 14.4 Å². The molecule has 0 aliphatic rings. The number of hydrogen-bond donors (Lipinski definition) is 3. The lowest BCUT2D eigenvalue weighted by atomic mass is 10.2. The van der Waals surface area contributed by atoms with Crippen molar-refractivity contribution in [3.8, 4) is 11.5 Å². The topological polar surface area (TPSA) is 118 Å². The molecular weight excluding hydrogens is 436 g/mol. The van der Waals surface area contributed by atoms with E-state index in [1.165, 1.54) is 13.3 Å². The highest BCUT2D eigenvalue weighted by Crippen LogP contribution is 2.22. The molecule has 0 spiro atoms. The van der Waals surface area contributed by atoms with Gasteiger partial charge >= 0.3 is 11.8 Å². The van der Waals surface area contributed by atoms with E-state index in [0.29, 0.717) is 22.7 Å². The van der Waals surface area contributed by atoms with Gasteiger partial charge in [-0.05, 0) is 48.4 Å². The van der Waals surface area contributed by atoms with Gasteiger partial charge in [0.25, 0.3) is 5.91 Å². The van der Waals surface area contributed by atoms with Crippen LogP contribution in [0.5, 0.6) is 11.5 Å². The van der Waals surface area contributed by atoms with Crippen molar-refractivity contribution in [2.24, 2.45) is 5.10 Å². The van der Waals surface area contributed by atoms with Gasteiger partial charge < -0.3 is 20.1 Å². The third-order valence-corrected chi connectivity index (χ3v) is 4.59. The first-order chi connectivity index (χ1) is 16.5. The number of hydrazone groups is 1. The predicted octanol–water partition coefficient (Wildman–Crippen LogP) is 3.11. The van der Waals surface area contributed by atoms with Gasteiger partial charge in [0.05, 0.1) is 19.0 Å². The van der Waals surface area contributed by atoms with E-state index in [1.54, 1.807) is 48.5 Å². The molecule has 0 heterocycles. The number of carbonyl (C=O) groups excluding carboxylic acids is 3. The average Bonchev–Trinajstić information content (AvgIpc) is 2.84. The van der Waals surface area contributed by atoms with Gasteiger partial charge in [-0.1, -0.05) is 42.5 Å². The number of carbonyl (C=O) groups is 3. The molecule has 0 aliphatic heterocycles. The molecule has 34 heavy (non-hydrogen) atoms. The van der Waals surface area contributed by atoms with Crippen LogP contribution in [0.2, 0.25) is 0 Å². The Balaban J connectivity index is 1.50. The van der Waals surface area contributed by atoms with E-state index >= 15 is 0 Å². The smallest absolute Gasteiger partial charge is 0.329 e. The molecule has 9 nitrogen and oxygen atoms in total. The number of ether oxygens (including phenoxy) is 2. The van der Waals surface area contributed by atoms with Gasteiger partial charge in [0, 0.05) is 5.69 Å². The third kappa shape index (κ3) is 6.92. The van der Waals surface area contributed by atoms with E-state index in [0.717, 1.165) is 11.3 Å². The molecule has 0 radical (unpaired) electrons. The highest BCUT2D eigenvalue weighted by molar-refractivity contribution is 6.39. The van der Waals surface area contributed by atoms with Crippen LogP contribution in [0.25, 0.3) is 0 Å². The molecule has 3 aromatic rings. The number of benzene rings is 3. The summed E-state index contributed by atoms with van der Waals surface area (Å²) >= 11 is 0. The van der Waals surface area contributed by atoms with Gasteiger partial charge in [0.1, 0.15) is 11.5 Å². The van der Waals surface area contributed by atoms with Gasteiger partial charge in [-0.15, -0.1) is 0 Å². The lowest BCUT2D eigenvalue weighted by Crippen LogP contribution is -2.32. The molecule has 0 fully saturated rings. The summed E-state index contributed by atoms with van der Waals surface area (Å²) in [5.74, 6) is -1.25. The number of anilines is 2. The number of nitrogens with zero attached hydrogens (tertiary/aromatic N) is 1. The van der Waals surface area contributed by atoms with Crippen LogP contribution in [0.15, 0.2) is 77.9 Å². The number of aryl methyl sites for hydroxylation is 1. The molecule has 3 N–H and O–H groups in total. The first-order valence-electron chi connectivity index (χ1n) is 10.3. The zero-order valence-corrected chi connectivity index (χ0v) is 18.7. The van der Waals surface area contributed by atoms with E-state index in [2.05, 4.69) is 21.2 Å². The molecule has 0 aromatic heterocycles. The minimum atomic E-state index is -0.942. The summed E-state index contributed by atoms with van der Waals surface area (Å²) in [5.41, 5.74) is 4.81. The fourth-order valence-corrected chi connectivity index (χ4v) is 2.88. The molecule has 0 bridgehead atoms. The molecule has 3 aromatic carbocycles. The fraction of sp³-hybridized carbons (Fsp3) is 0.120. The SMILES string of the molecule is COc1ccccc1NC(=O)C(=O)N/N=C\c1cccc(OCC(=O)Nc2ccccc2C)c1. The number of rotatable bonds is 8. The molecule has 0 atom stereocenters. The van der Waals surface area contributed by atoms with Gasteiger partial charge in [0.2, 0.25) is 0 Å². The zero-order valence-electron chi connectivity index (χ0n) is 18.7. The Kier molecular flexibility index (Phi) is 8.34. The van der Waals surface area contributed by atoms with Crippen molar-refractivity contribution in [1.82, 2.24) is 5.43 Å². The van der Waals surface area contributed by atoms with Crippen LogP contribution >= 0.6 is 0 Å². The van der Waals surface area contributed by atoms with Crippen molar-refractivity contribution >= 4 is 35.3 Å². The second-order valence-electron chi connectivity index (χ2n) is 7.08. The highest BCUT2D eigenvalue weighted by atomic mass is 16.5. The lowest BCUT2D eigenvalue weighted by Gasteiger charge is -2.09. The number of methoxy groups -OCH3 is 1. The Morgan fingerprint density at radius 3 is 2.38 bits per heavy atom. The van der Waals surface area contributed by atoms with E-state index in [1.807, 2.05) is 31.2 Å². The van der Waals surface area contributed by atoms with Crippen molar-refractivity contribution in [2.45, 2.75) is 6.92 Å². The maximum atomic E-state index is 12.1. The largest absolute Gasteiger partial charge is 0.495 e. The van der Waals surface area contributed by atoms with Crippen molar-refractivity contribution in [1.29, 1.82) is 0 Å². The van der Waals surface area contributed by atoms with Crippen molar-refractivity contribution in [3.05, 3.63) is 83.9 Å². The van der Waals surface area contributed by atoms with Crippen LogP contribution in [-0.2, 0) is 14.4 Å². The summed E-state index contributed by atoms with van der Waals surface area (Å²) in [6, 6.07) is 20.9. The Morgan fingerprint density at radius 1 is 0.882 bits per heavy atom. The molecular formula is C25H24N4O5. The zero-order chi connectivity index (χ0) is 24.3. The lowest BCUT2D eigenvalue weighted by molar-refractivity contribution is -0.136. The van der Waals surface area contributed by atoms with Crippen molar-refractivity contribution in [3.63, 3.8) is 0 Å². The summed E-state index contributed by atoms with van der Waals surface area (Å²) < 4.78 is 10.7. The minimum absolute atomic E-state index is 0.172. The van der Waals surface area contributed by atoms with Gasteiger partial charge in [-0.25, -0.2) is 5.43 Å². The Labute approximate surface area is 196 Å². The fourth-order valence-electron chi connectivity index (χ4n) is 2.88. The molecule has 0 unspecified atom stereocenters. The van der Waals surface area contributed by atoms with Gasteiger partial charge in [0.15, 0.2) is 6.61 Å².